The molecule has 0 bridgehead atoms. The molecule has 1 aliphatic rings. The van der Waals surface area contributed by atoms with Gasteiger partial charge in [0.2, 0.25) is 0 Å². The smallest absolute Gasteiger partial charge is 0.253 e. The number of piperidine rings is 1. The lowest BCUT2D eigenvalue weighted by Crippen LogP contribution is -2.42. The minimum Gasteiger partial charge on any atom is -0.339 e. The molecule has 1 aromatic carbocycles. The molecule has 1 saturated heterocycles. The summed E-state index contributed by atoms with van der Waals surface area (Å²) in [6, 6.07) is 7.71. The molecule has 0 unspecified atom stereocenters. The third-order valence-electron chi connectivity index (χ3n) is 3.23. The lowest BCUT2D eigenvalue weighted by molar-refractivity contribution is 0.0715. The monoisotopic (exact) mass is 302 g/mol. The summed E-state index contributed by atoms with van der Waals surface area (Å²) < 4.78 is 0. The van der Waals surface area contributed by atoms with Crippen molar-refractivity contribution in [1.82, 2.24) is 4.90 Å². The number of nitrogens with zero attached hydrogens (tertiary/aromatic N) is 1. The summed E-state index contributed by atoms with van der Waals surface area (Å²) >= 11 is 0. The summed E-state index contributed by atoms with van der Waals surface area (Å²) in [6.07, 6.45) is 1.79. The maximum absolute atomic E-state index is 12.2. The van der Waals surface area contributed by atoms with Gasteiger partial charge in [-0.2, -0.15) is 0 Å². The standard InChI is InChI=1S/C15H18N2O.2C2H6/c1-2-3-12-4-6-13(7-5-12)15(18)17-10-8-14(16)9-11-17;2*1-2/h4-7,14H,8-11,16H2,1H3;2*1-2H3. The Kier molecular flexibility index (Phi) is 10.9. The maximum Gasteiger partial charge on any atom is 0.253 e. The number of carbonyl (C=O) groups is 1. The van der Waals surface area contributed by atoms with Crippen LogP contribution in [0.5, 0.6) is 0 Å². The van der Waals surface area contributed by atoms with E-state index in [-0.39, 0.29) is 11.9 Å². The molecule has 0 aliphatic carbocycles. The summed E-state index contributed by atoms with van der Waals surface area (Å²) in [5.74, 6) is 5.90. The number of benzene rings is 1. The first-order chi connectivity index (χ1) is 10.7. The molecule has 0 radical (unpaired) electrons. The highest BCUT2D eigenvalue weighted by Gasteiger charge is 2.21. The summed E-state index contributed by atoms with van der Waals surface area (Å²) in [4.78, 5) is 14.1. The van der Waals surface area contributed by atoms with Crippen molar-refractivity contribution in [2.45, 2.75) is 53.5 Å². The number of nitrogens with two attached hydrogens (primary N) is 1. The number of likely N-dealkylation sites (tertiary alicyclic amines) is 1. The minimum atomic E-state index is 0.0953. The highest BCUT2D eigenvalue weighted by molar-refractivity contribution is 5.94. The fourth-order valence-corrected chi connectivity index (χ4v) is 2.13. The van der Waals surface area contributed by atoms with Crippen LogP contribution in [0.2, 0.25) is 0 Å². The highest BCUT2D eigenvalue weighted by atomic mass is 16.2. The molecule has 2 N–H and O–H groups in total. The number of rotatable bonds is 1. The van der Waals surface area contributed by atoms with Gasteiger partial charge < -0.3 is 10.6 Å². The topological polar surface area (TPSA) is 46.3 Å². The first kappa shape index (κ1) is 20.2. The summed E-state index contributed by atoms with van der Waals surface area (Å²) in [7, 11) is 0. The fourth-order valence-electron chi connectivity index (χ4n) is 2.13. The van der Waals surface area contributed by atoms with Crippen LogP contribution in [0, 0.1) is 11.8 Å². The second-order valence-electron chi connectivity index (χ2n) is 4.58. The molecular formula is C19H30N2O. The van der Waals surface area contributed by atoms with Gasteiger partial charge in [-0.3, -0.25) is 4.79 Å². The maximum atomic E-state index is 12.2. The van der Waals surface area contributed by atoms with Crippen LogP contribution in [0.25, 0.3) is 0 Å². The normalized spacial score (nSPS) is 13.6. The van der Waals surface area contributed by atoms with Crippen molar-refractivity contribution in [3.05, 3.63) is 35.4 Å². The van der Waals surface area contributed by atoms with Crippen LogP contribution >= 0.6 is 0 Å². The van der Waals surface area contributed by atoms with Gasteiger partial charge in [-0.15, -0.1) is 5.92 Å². The first-order valence-electron chi connectivity index (χ1n) is 8.28. The van der Waals surface area contributed by atoms with Crippen LogP contribution in [-0.4, -0.2) is 29.9 Å². The molecule has 0 aromatic heterocycles. The number of carbonyl (C=O) groups excluding carboxylic acids is 1. The Hall–Kier alpha value is -1.79. The van der Waals surface area contributed by atoms with Gasteiger partial charge in [0.05, 0.1) is 0 Å². The molecule has 1 aliphatic heterocycles. The molecule has 1 aromatic rings. The SMILES string of the molecule is CC.CC.CC#Cc1ccc(C(=O)N2CCC(N)CC2)cc1. The van der Waals surface area contributed by atoms with Gasteiger partial charge in [0.25, 0.3) is 5.91 Å². The number of amides is 1. The molecule has 2 rings (SSSR count). The van der Waals surface area contributed by atoms with Crippen LogP contribution in [0.4, 0.5) is 0 Å². The first-order valence-corrected chi connectivity index (χ1v) is 8.28. The molecule has 1 heterocycles. The van der Waals surface area contributed by atoms with E-state index in [1.165, 1.54) is 0 Å². The second kappa shape index (κ2) is 11.8. The van der Waals surface area contributed by atoms with Gasteiger partial charge in [0.15, 0.2) is 0 Å². The molecule has 22 heavy (non-hydrogen) atoms. The summed E-state index contributed by atoms with van der Waals surface area (Å²) in [6.45, 7) is 11.3. The van der Waals surface area contributed by atoms with Crippen LogP contribution in [0.1, 0.15) is 63.4 Å². The molecule has 0 saturated carbocycles. The van der Waals surface area contributed by atoms with Gasteiger partial charge in [0, 0.05) is 30.3 Å². The highest BCUT2D eigenvalue weighted by Crippen LogP contribution is 2.13. The van der Waals surface area contributed by atoms with E-state index in [9.17, 15) is 4.79 Å². The Morgan fingerprint density at radius 3 is 2.05 bits per heavy atom. The molecule has 0 atom stereocenters. The van der Waals surface area contributed by atoms with Crippen LogP contribution in [0.3, 0.4) is 0 Å². The van der Waals surface area contributed by atoms with E-state index in [1.807, 2.05) is 56.9 Å². The minimum absolute atomic E-state index is 0.0953. The zero-order chi connectivity index (χ0) is 17.0. The van der Waals surface area contributed by atoms with Crippen molar-refractivity contribution in [2.24, 2.45) is 5.73 Å². The van der Waals surface area contributed by atoms with E-state index < -0.39 is 0 Å². The van der Waals surface area contributed by atoms with E-state index in [0.29, 0.717) is 0 Å². The zero-order valence-corrected chi connectivity index (χ0v) is 14.6. The Morgan fingerprint density at radius 1 is 1.09 bits per heavy atom. The Balaban J connectivity index is 0.00000102. The predicted molar refractivity (Wildman–Crippen MR) is 94.8 cm³/mol. The quantitative estimate of drug-likeness (QED) is 0.805. The van der Waals surface area contributed by atoms with Gasteiger partial charge >= 0.3 is 0 Å². The van der Waals surface area contributed by atoms with Crippen LogP contribution in [0.15, 0.2) is 24.3 Å². The summed E-state index contributed by atoms with van der Waals surface area (Å²) in [5.41, 5.74) is 7.50. The van der Waals surface area contributed by atoms with Gasteiger partial charge in [0.1, 0.15) is 0 Å². The average molecular weight is 302 g/mol. The fraction of sp³-hybridized carbons (Fsp3) is 0.526. The molecule has 0 spiro atoms. The van der Waals surface area contributed by atoms with E-state index in [2.05, 4.69) is 11.8 Å². The second-order valence-corrected chi connectivity index (χ2v) is 4.58. The van der Waals surface area contributed by atoms with Crippen LogP contribution in [-0.2, 0) is 0 Å². The third kappa shape index (κ3) is 6.32. The Morgan fingerprint density at radius 2 is 1.59 bits per heavy atom. The van der Waals surface area contributed by atoms with Crippen molar-refractivity contribution in [2.75, 3.05) is 13.1 Å². The van der Waals surface area contributed by atoms with Crippen molar-refractivity contribution in [3.8, 4) is 11.8 Å². The van der Waals surface area contributed by atoms with Gasteiger partial charge in [-0.25, -0.2) is 0 Å². The van der Waals surface area contributed by atoms with Crippen molar-refractivity contribution in [3.63, 3.8) is 0 Å². The van der Waals surface area contributed by atoms with Gasteiger partial charge in [-0.1, -0.05) is 33.6 Å². The average Bonchev–Trinajstić information content (AvgIpc) is 2.59. The van der Waals surface area contributed by atoms with E-state index >= 15 is 0 Å². The van der Waals surface area contributed by atoms with Crippen molar-refractivity contribution < 1.29 is 4.79 Å². The lowest BCUT2D eigenvalue weighted by atomic mass is 10.0. The van der Waals surface area contributed by atoms with Crippen molar-refractivity contribution in [1.29, 1.82) is 0 Å². The zero-order valence-electron chi connectivity index (χ0n) is 14.6. The van der Waals surface area contributed by atoms with Crippen LogP contribution < -0.4 is 5.73 Å². The Bertz CT molecular complexity index is 474. The Labute approximate surface area is 135 Å². The number of hydrogen-bond acceptors (Lipinski definition) is 2. The van der Waals surface area contributed by atoms with E-state index in [4.69, 9.17) is 5.73 Å². The predicted octanol–water partition coefficient (Wildman–Crippen LogP) is 3.67. The van der Waals surface area contributed by atoms with E-state index in [1.54, 1.807) is 6.92 Å². The third-order valence-corrected chi connectivity index (χ3v) is 3.23. The molecule has 1 fully saturated rings. The largest absolute Gasteiger partial charge is 0.339 e. The van der Waals surface area contributed by atoms with E-state index in [0.717, 1.165) is 37.1 Å². The van der Waals surface area contributed by atoms with Gasteiger partial charge in [-0.05, 0) is 44.0 Å². The molecule has 3 heteroatoms. The number of hydrogen-bond donors (Lipinski definition) is 1. The molecular weight excluding hydrogens is 272 g/mol. The summed E-state index contributed by atoms with van der Waals surface area (Å²) in [5, 5.41) is 0. The lowest BCUT2D eigenvalue weighted by Gasteiger charge is -2.30. The molecule has 122 valence electrons. The molecule has 3 nitrogen and oxygen atoms in total. The van der Waals surface area contributed by atoms with Crippen molar-refractivity contribution >= 4 is 5.91 Å². The molecule has 1 amide bonds.